The Morgan fingerprint density at radius 2 is 0.897 bits per heavy atom. The molecule has 0 bridgehead atoms. The number of ether oxygens (including phenoxy) is 2. The van der Waals surface area contributed by atoms with Gasteiger partial charge in [0, 0.05) is 0 Å². The van der Waals surface area contributed by atoms with Gasteiger partial charge in [-0.05, 0) is 44.9 Å². The van der Waals surface area contributed by atoms with Crippen LogP contribution in [0.5, 0.6) is 0 Å². The van der Waals surface area contributed by atoms with E-state index in [4.69, 9.17) is 9.47 Å². The molecule has 1 heterocycles. The van der Waals surface area contributed by atoms with Crippen LogP contribution in [0.15, 0.2) is 24.3 Å². The summed E-state index contributed by atoms with van der Waals surface area (Å²) in [6.07, 6.45) is 44.9. The quantitative estimate of drug-likeness (QED) is 0.0215. The molecule has 1 aliphatic rings. The standard InChI is InChI=1S/C57H109NO10/c1-3-5-7-9-10-11-12-13-14-15-16-17-18-19-20-21-22-23-24-25-26-27-28-29-30-31-32-33-34-35-36-37-38-39-41-43-45-50(61)56(66)58-48(52(62)49(60)44-42-40-8-6-4-2)47-67-57-55(65)54(64)53(63)51(46-59)68-57/h20-21,23-24,48-55,57,59-65H,3-19,22,25-47H2,1-2H3,(H,58,66)/b21-20-,24-23-. The Kier molecular flexibility index (Phi) is 44.3. The molecule has 9 atom stereocenters. The second-order valence-electron chi connectivity index (χ2n) is 20.4. The Hall–Kier alpha value is -1.41. The third-order valence-electron chi connectivity index (χ3n) is 14.0. The zero-order chi connectivity index (χ0) is 49.7. The molecule has 402 valence electrons. The molecule has 9 unspecified atom stereocenters. The number of nitrogens with one attached hydrogen (secondary N) is 1. The van der Waals surface area contributed by atoms with Gasteiger partial charge >= 0.3 is 0 Å². The van der Waals surface area contributed by atoms with Crippen LogP contribution in [0.1, 0.15) is 264 Å². The van der Waals surface area contributed by atoms with Gasteiger partial charge in [0.25, 0.3) is 0 Å². The van der Waals surface area contributed by atoms with Crippen molar-refractivity contribution in [2.24, 2.45) is 0 Å². The van der Waals surface area contributed by atoms with Crippen molar-refractivity contribution in [2.75, 3.05) is 13.2 Å². The highest BCUT2D eigenvalue weighted by Gasteiger charge is 2.44. The number of carbonyl (C=O) groups excluding carboxylic acids is 1. The summed E-state index contributed by atoms with van der Waals surface area (Å²) in [5.41, 5.74) is 0. The van der Waals surface area contributed by atoms with Crippen molar-refractivity contribution in [2.45, 2.75) is 319 Å². The summed E-state index contributed by atoms with van der Waals surface area (Å²) >= 11 is 0. The van der Waals surface area contributed by atoms with Crippen LogP contribution in [0.3, 0.4) is 0 Å². The van der Waals surface area contributed by atoms with E-state index >= 15 is 0 Å². The van der Waals surface area contributed by atoms with Gasteiger partial charge in [-0.25, -0.2) is 0 Å². The van der Waals surface area contributed by atoms with Gasteiger partial charge in [0.2, 0.25) is 5.91 Å². The molecule has 68 heavy (non-hydrogen) atoms. The number of rotatable bonds is 49. The van der Waals surface area contributed by atoms with Gasteiger partial charge < -0.3 is 50.5 Å². The highest BCUT2D eigenvalue weighted by Crippen LogP contribution is 2.23. The van der Waals surface area contributed by atoms with Gasteiger partial charge in [-0.1, -0.05) is 244 Å². The topological polar surface area (TPSA) is 189 Å². The molecule has 0 radical (unpaired) electrons. The fourth-order valence-corrected chi connectivity index (χ4v) is 9.30. The molecule has 1 aliphatic heterocycles. The van der Waals surface area contributed by atoms with E-state index in [1.54, 1.807) is 0 Å². The highest BCUT2D eigenvalue weighted by molar-refractivity contribution is 5.80. The fraction of sp³-hybridized carbons (Fsp3) is 0.912. The summed E-state index contributed by atoms with van der Waals surface area (Å²) in [4.78, 5) is 13.0. The summed E-state index contributed by atoms with van der Waals surface area (Å²) in [5.74, 6) is -0.700. The molecule has 1 fully saturated rings. The maximum Gasteiger partial charge on any atom is 0.249 e. The molecule has 0 aliphatic carbocycles. The third-order valence-corrected chi connectivity index (χ3v) is 14.0. The molecule has 11 heteroatoms. The monoisotopic (exact) mass is 968 g/mol. The lowest BCUT2D eigenvalue weighted by Crippen LogP contribution is -2.60. The van der Waals surface area contributed by atoms with E-state index in [1.807, 2.05) is 0 Å². The lowest BCUT2D eigenvalue weighted by atomic mass is 9.98. The molecule has 0 saturated carbocycles. The van der Waals surface area contributed by atoms with Crippen LogP contribution >= 0.6 is 0 Å². The average Bonchev–Trinajstić information content (AvgIpc) is 3.34. The van der Waals surface area contributed by atoms with E-state index in [1.165, 1.54) is 173 Å². The molecule has 0 aromatic rings. The average molecular weight is 968 g/mol. The maximum atomic E-state index is 13.0. The molecular weight excluding hydrogens is 859 g/mol. The smallest absolute Gasteiger partial charge is 0.249 e. The van der Waals surface area contributed by atoms with Gasteiger partial charge in [0.1, 0.15) is 36.6 Å². The minimum Gasteiger partial charge on any atom is -0.394 e. The summed E-state index contributed by atoms with van der Waals surface area (Å²) in [6.45, 7) is 3.35. The van der Waals surface area contributed by atoms with E-state index in [2.05, 4.69) is 43.5 Å². The lowest BCUT2D eigenvalue weighted by Gasteiger charge is -2.40. The van der Waals surface area contributed by atoms with Gasteiger partial charge in [-0.3, -0.25) is 4.79 Å². The van der Waals surface area contributed by atoms with Crippen LogP contribution < -0.4 is 5.32 Å². The van der Waals surface area contributed by atoms with E-state index in [9.17, 15) is 40.5 Å². The summed E-state index contributed by atoms with van der Waals surface area (Å²) < 4.78 is 11.0. The number of amides is 1. The molecule has 1 amide bonds. The maximum absolute atomic E-state index is 13.0. The number of carbonyl (C=O) groups is 1. The van der Waals surface area contributed by atoms with Crippen LogP contribution in [-0.4, -0.2) is 110 Å². The van der Waals surface area contributed by atoms with Crippen molar-refractivity contribution in [1.29, 1.82) is 0 Å². The first kappa shape index (κ1) is 64.6. The minimum atomic E-state index is -1.66. The normalized spacial score (nSPS) is 20.6. The Morgan fingerprint density at radius 3 is 1.31 bits per heavy atom. The van der Waals surface area contributed by atoms with Gasteiger partial charge in [-0.2, -0.15) is 0 Å². The zero-order valence-corrected chi connectivity index (χ0v) is 43.9. The van der Waals surface area contributed by atoms with Crippen molar-refractivity contribution in [3.63, 3.8) is 0 Å². The van der Waals surface area contributed by atoms with E-state index in [0.717, 1.165) is 51.4 Å². The SMILES string of the molecule is CCCCCCCCCCCCCCC/C=C\C/C=C\CCCCCCCCCCCCCCCCCCC(O)C(=O)NC(COC1OC(CO)C(O)C(O)C1O)C(O)C(O)CCCCCCC. The Bertz CT molecular complexity index is 1160. The lowest BCUT2D eigenvalue weighted by molar-refractivity contribution is -0.303. The molecule has 11 nitrogen and oxygen atoms in total. The van der Waals surface area contributed by atoms with Crippen LogP contribution in [0.25, 0.3) is 0 Å². The van der Waals surface area contributed by atoms with Crippen LogP contribution in [0.4, 0.5) is 0 Å². The molecule has 0 aromatic carbocycles. The molecule has 1 saturated heterocycles. The van der Waals surface area contributed by atoms with Crippen molar-refractivity contribution in [3.05, 3.63) is 24.3 Å². The van der Waals surface area contributed by atoms with E-state index in [-0.39, 0.29) is 6.42 Å². The van der Waals surface area contributed by atoms with Crippen molar-refractivity contribution in [1.82, 2.24) is 5.32 Å². The molecular formula is C57H109NO10. The van der Waals surface area contributed by atoms with Crippen molar-refractivity contribution >= 4 is 5.91 Å². The van der Waals surface area contributed by atoms with Crippen LogP contribution in [0, 0.1) is 0 Å². The second-order valence-corrected chi connectivity index (χ2v) is 20.4. The number of allylic oxidation sites excluding steroid dienone is 4. The zero-order valence-electron chi connectivity index (χ0n) is 43.9. The van der Waals surface area contributed by atoms with Gasteiger partial charge in [0.05, 0.1) is 25.4 Å². The number of aliphatic hydroxyl groups is 7. The fourth-order valence-electron chi connectivity index (χ4n) is 9.30. The largest absolute Gasteiger partial charge is 0.394 e. The number of aliphatic hydroxyl groups excluding tert-OH is 7. The Balaban J connectivity index is 2.05. The molecule has 0 aromatic heterocycles. The first-order valence-corrected chi connectivity index (χ1v) is 28.7. The van der Waals surface area contributed by atoms with Crippen LogP contribution in [0.2, 0.25) is 0 Å². The number of hydrogen-bond donors (Lipinski definition) is 8. The summed E-state index contributed by atoms with van der Waals surface area (Å²) in [6, 6.07) is -1.16. The van der Waals surface area contributed by atoms with Gasteiger partial charge in [0.15, 0.2) is 6.29 Å². The van der Waals surface area contributed by atoms with E-state index in [0.29, 0.717) is 19.3 Å². The minimum absolute atomic E-state index is 0.261. The first-order valence-electron chi connectivity index (χ1n) is 28.7. The predicted molar refractivity (Wildman–Crippen MR) is 279 cm³/mol. The summed E-state index contributed by atoms with van der Waals surface area (Å²) in [7, 11) is 0. The second kappa shape index (κ2) is 46.6. The van der Waals surface area contributed by atoms with E-state index < -0.39 is 74.2 Å². The van der Waals surface area contributed by atoms with Crippen LogP contribution in [-0.2, 0) is 14.3 Å². The molecule has 0 spiro atoms. The van der Waals surface area contributed by atoms with Crippen molar-refractivity contribution < 1.29 is 50.0 Å². The number of hydrogen-bond acceptors (Lipinski definition) is 10. The summed E-state index contributed by atoms with van der Waals surface area (Å²) in [5, 5.41) is 75.2. The Labute approximate surface area is 416 Å². The molecule has 8 N–H and O–H groups in total. The Morgan fingerprint density at radius 1 is 0.515 bits per heavy atom. The highest BCUT2D eigenvalue weighted by atomic mass is 16.7. The first-order chi connectivity index (χ1) is 33.2. The molecule has 1 rings (SSSR count). The van der Waals surface area contributed by atoms with Gasteiger partial charge in [-0.15, -0.1) is 0 Å². The number of unbranched alkanes of at least 4 members (excludes halogenated alkanes) is 33. The predicted octanol–water partition coefficient (Wildman–Crippen LogP) is 11.7. The van der Waals surface area contributed by atoms with Crippen molar-refractivity contribution in [3.8, 4) is 0 Å². The third kappa shape index (κ3) is 34.8.